The van der Waals surface area contributed by atoms with Crippen LogP contribution in [0.4, 0.5) is 4.39 Å². The number of benzene rings is 1. The van der Waals surface area contributed by atoms with E-state index in [1.165, 1.54) is 16.4 Å². The first-order valence-corrected chi connectivity index (χ1v) is 8.84. The van der Waals surface area contributed by atoms with Gasteiger partial charge in [-0.15, -0.1) is 0 Å². The molecule has 1 fully saturated rings. The SMILES string of the molecule is CCCC(=O)N1CCN(S(=O)(=O)c2ccc(F)cc2C)CC1. The highest BCUT2D eigenvalue weighted by molar-refractivity contribution is 7.89. The number of rotatable bonds is 4. The standard InChI is InChI=1S/C15H21FN2O3S/c1-3-4-15(19)17-7-9-18(10-8-17)22(20,21)14-6-5-13(16)11-12(14)2/h5-6,11H,3-4,7-10H2,1-2H3. The molecule has 0 unspecified atom stereocenters. The second kappa shape index (κ2) is 6.75. The van der Waals surface area contributed by atoms with Gasteiger partial charge in [0.25, 0.3) is 0 Å². The molecule has 0 atom stereocenters. The van der Waals surface area contributed by atoms with E-state index in [-0.39, 0.29) is 23.9 Å². The van der Waals surface area contributed by atoms with Gasteiger partial charge in [0, 0.05) is 32.6 Å². The van der Waals surface area contributed by atoms with Crippen LogP contribution in [0.2, 0.25) is 0 Å². The van der Waals surface area contributed by atoms with Crippen molar-refractivity contribution in [1.29, 1.82) is 0 Å². The van der Waals surface area contributed by atoms with E-state index in [1.54, 1.807) is 11.8 Å². The number of carbonyl (C=O) groups excluding carboxylic acids is 1. The van der Waals surface area contributed by atoms with Crippen molar-refractivity contribution in [2.75, 3.05) is 26.2 Å². The zero-order valence-electron chi connectivity index (χ0n) is 12.9. The Morgan fingerprint density at radius 3 is 2.41 bits per heavy atom. The zero-order chi connectivity index (χ0) is 16.3. The van der Waals surface area contributed by atoms with Crippen LogP contribution in [0.5, 0.6) is 0 Å². The van der Waals surface area contributed by atoms with Gasteiger partial charge in [-0.3, -0.25) is 4.79 Å². The van der Waals surface area contributed by atoms with Gasteiger partial charge in [-0.2, -0.15) is 4.31 Å². The van der Waals surface area contributed by atoms with Crippen LogP contribution in [-0.2, 0) is 14.8 Å². The average Bonchev–Trinajstić information content (AvgIpc) is 2.47. The van der Waals surface area contributed by atoms with Crippen LogP contribution >= 0.6 is 0 Å². The molecule has 0 saturated carbocycles. The van der Waals surface area contributed by atoms with E-state index in [2.05, 4.69) is 0 Å². The molecule has 1 aliphatic heterocycles. The van der Waals surface area contributed by atoms with E-state index in [0.29, 0.717) is 25.1 Å². The summed E-state index contributed by atoms with van der Waals surface area (Å²) in [4.78, 5) is 13.7. The van der Waals surface area contributed by atoms with Crippen LogP contribution in [0.1, 0.15) is 25.3 Å². The molecule has 0 aliphatic carbocycles. The van der Waals surface area contributed by atoms with Crippen LogP contribution < -0.4 is 0 Å². The summed E-state index contributed by atoms with van der Waals surface area (Å²) < 4.78 is 39.7. The Hall–Kier alpha value is -1.47. The third-order valence-electron chi connectivity index (χ3n) is 3.81. The van der Waals surface area contributed by atoms with Crippen LogP contribution in [0.25, 0.3) is 0 Å². The molecule has 2 rings (SSSR count). The first kappa shape index (κ1) is 16.9. The Labute approximate surface area is 130 Å². The van der Waals surface area contributed by atoms with Crippen LogP contribution in [0.15, 0.2) is 23.1 Å². The fraction of sp³-hybridized carbons (Fsp3) is 0.533. The molecule has 1 saturated heterocycles. The summed E-state index contributed by atoms with van der Waals surface area (Å²) >= 11 is 0. The van der Waals surface area contributed by atoms with Crippen molar-refractivity contribution in [1.82, 2.24) is 9.21 Å². The minimum Gasteiger partial charge on any atom is -0.340 e. The molecule has 1 aromatic carbocycles. The van der Waals surface area contributed by atoms with Crippen molar-refractivity contribution in [3.8, 4) is 0 Å². The summed E-state index contributed by atoms with van der Waals surface area (Å²) in [6.45, 7) is 4.87. The van der Waals surface area contributed by atoms with E-state index in [9.17, 15) is 17.6 Å². The van der Waals surface area contributed by atoms with Gasteiger partial charge in [0.05, 0.1) is 4.90 Å². The maximum Gasteiger partial charge on any atom is 0.243 e. The fourth-order valence-electron chi connectivity index (χ4n) is 2.59. The highest BCUT2D eigenvalue weighted by Gasteiger charge is 2.30. The number of carbonyl (C=O) groups is 1. The van der Waals surface area contributed by atoms with E-state index in [1.807, 2.05) is 6.92 Å². The third-order valence-corrected chi connectivity index (χ3v) is 5.87. The number of hydrogen-bond donors (Lipinski definition) is 0. The highest BCUT2D eigenvalue weighted by atomic mass is 32.2. The summed E-state index contributed by atoms with van der Waals surface area (Å²) in [6.07, 6.45) is 1.27. The normalized spacial score (nSPS) is 16.8. The molecule has 5 nitrogen and oxygen atoms in total. The molecule has 1 heterocycles. The first-order chi connectivity index (χ1) is 10.4. The van der Waals surface area contributed by atoms with Crippen molar-refractivity contribution in [2.45, 2.75) is 31.6 Å². The molecule has 1 amide bonds. The molecule has 0 spiro atoms. The lowest BCUT2D eigenvalue weighted by Gasteiger charge is -2.34. The van der Waals surface area contributed by atoms with Gasteiger partial charge in [-0.1, -0.05) is 6.92 Å². The highest BCUT2D eigenvalue weighted by Crippen LogP contribution is 2.22. The summed E-state index contributed by atoms with van der Waals surface area (Å²) in [6, 6.07) is 3.67. The minimum atomic E-state index is -3.64. The van der Waals surface area contributed by atoms with Crippen molar-refractivity contribution in [3.05, 3.63) is 29.6 Å². The molecule has 1 aromatic rings. The monoisotopic (exact) mass is 328 g/mol. The lowest BCUT2D eigenvalue weighted by molar-refractivity contribution is -0.132. The number of halogens is 1. The molecule has 7 heteroatoms. The Morgan fingerprint density at radius 2 is 1.86 bits per heavy atom. The van der Waals surface area contributed by atoms with Gasteiger partial charge in [0.1, 0.15) is 5.82 Å². The second-order valence-corrected chi connectivity index (χ2v) is 7.35. The maximum absolute atomic E-state index is 13.1. The summed E-state index contributed by atoms with van der Waals surface area (Å²) in [5.41, 5.74) is 0.393. The number of hydrogen-bond acceptors (Lipinski definition) is 3. The van der Waals surface area contributed by atoms with Gasteiger partial charge < -0.3 is 4.90 Å². The lowest BCUT2D eigenvalue weighted by Crippen LogP contribution is -2.50. The smallest absolute Gasteiger partial charge is 0.243 e. The molecular weight excluding hydrogens is 307 g/mol. The van der Waals surface area contributed by atoms with E-state index >= 15 is 0 Å². The first-order valence-electron chi connectivity index (χ1n) is 7.40. The predicted octanol–water partition coefficient (Wildman–Crippen LogP) is 1.77. The summed E-state index contributed by atoms with van der Waals surface area (Å²) in [5, 5.41) is 0. The number of nitrogens with zero attached hydrogens (tertiary/aromatic N) is 2. The molecular formula is C15H21FN2O3S. The summed E-state index contributed by atoms with van der Waals surface area (Å²) in [5.74, 6) is -0.385. The van der Waals surface area contributed by atoms with Crippen molar-refractivity contribution < 1.29 is 17.6 Å². The quantitative estimate of drug-likeness (QED) is 0.846. The van der Waals surface area contributed by atoms with Gasteiger partial charge in [-0.05, 0) is 37.1 Å². The van der Waals surface area contributed by atoms with Crippen LogP contribution in [-0.4, -0.2) is 49.7 Å². The number of piperazine rings is 1. The average molecular weight is 328 g/mol. The topological polar surface area (TPSA) is 57.7 Å². The van der Waals surface area contributed by atoms with Crippen molar-refractivity contribution in [2.24, 2.45) is 0 Å². The van der Waals surface area contributed by atoms with Crippen molar-refractivity contribution in [3.63, 3.8) is 0 Å². The van der Waals surface area contributed by atoms with Crippen molar-refractivity contribution >= 4 is 15.9 Å². The molecule has 0 bridgehead atoms. The Bertz CT molecular complexity index is 653. The second-order valence-electron chi connectivity index (χ2n) is 5.44. The Kier molecular flexibility index (Phi) is 5.18. The zero-order valence-corrected chi connectivity index (χ0v) is 13.7. The van der Waals surface area contributed by atoms with Gasteiger partial charge >= 0.3 is 0 Å². The van der Waals surface area contributed by atoms with E-state index in [4.69, 9.17) is 0 Å². The van der Waals surface area contributed by atoms with E-state index < -0.39 is 15.8 Å². The maximum atomic E-state index is 13.1. The summed E-state index contributed by atoms with van der Waals surface area (Å²) in [7, 11) is -3.64. The molecule has 1 aliphatic rings. The van der Waals surface area contributed by atoms with E-state index in [0.717, 1.165) is 12.5 Å². The Morgan fingerprint density at radius 1 is 1.23 bits per heavy atom. The number of sulfonamides is 1. The van der Waals surface area contributed by atoms with Gasteiger partial charge in [0.2, 0.25) is 15.9 Å². The molecule has 22 heavy (non-hydrogen) atoms. The molecule has 0 radical (unpaired) electrons. The van der Waals surface area contributed by atoms with Crippen LogP contribution in [0, 0.1) is 12.7 Å². The predicted molar refractivity (Wildman–Crippen MR) is 81.4 cm³/mol. The van der Waals surface area contributed by atoms with Gasteiger partial charge in [0.15, 0.2) is 0 Å². The number of aryl methyl sites for hydroxylation is 1. The lowest BCUT2D eigenvalue weighted by atomic mass is 10.2. The molecule has 0 aromatic heterocycles. The molecule has 0 N–H and O–H groups in total. The van der Waals surface area contributed by atoms with Crippen LogP contribution in [0.3, 0.4) is 0 Å². The Balaban J connectivity index is 2.11. The fourth-order valence-corrected chi connectivity index (χ4v) is 4.22. The largest absolute Gasteiger partial charge is 0.340 e. The molecule has 122 valence electrons. The third kappa shape index (κ3) is 3.47. The number of amides is 1. The minimum absolute atomic E-state index is 0.0671. The van der Waals surface area contributed by atoms with Gasteiger partial charge in [-0.25, -0.2) is 12.8 Å².